The molecular formula is C27H25NO3. The minimum Gasteiger partial charge on any atom is -0.375 e. The number of Topliss-reactive ketones (excluding diaryl/α,β-unsaturated/α-hetero) is 1. The largest absolute Gasteiger partial charge is 0.375 e. The Morgan fingerprint density at radius 3 is 2.45 bits per heavy atom. The van der Waals surface area contributed by atoms with Gasteiger partial charge in [0.15, 0.2) is 11.4 Å². The molecule has 1 amide bonds. The first-order chi connectivity index (χ1) is 15.1. The van der Waals surface area contributed by atoms with E-state index in [-0.39, 0.29) is 11.7 Å². The molecular weight excluding hydrogens is 386 g/mol. The zero-order chi connectivity index (χ0) is 21.4. The summed E-state index contributed by atoms with van der Waals surface area (Å²) in [5, 5.41) is 11.8. The van der Waals surface area contributed by atoms with Crippen molar-refractivity contribution in [3.8, 4) is 0 Å². The molecule has 0 bridgehead atoms. The fourth-order valence-electron chi connectivity index (χ4n) is 5.10. The minimum absolute atomic E-state index is 0.140. The summed E-state index contributed by atoms with van der Waals surface area (Å²) in [6, 6.07) is 25.0. The van der Waals surface area contributed by atoms with Crippen LogP contribution in [0, 0.1) is 5.92 Å². The van der Waals surface area contributed by atoms with E-state index in [1.807, 2.05) is 54.6 Å². The van der Waals surface area contributed by atoms with Crippen molar-refractivity contribution in [1.82, 2.24) is 0 Å². The molecule has 0 spiro atoms. The highest BCUT2D eigenvalue weighted by atomic mass is 16.3. The monoisotopic (exact) mass is 411 g/mol. The van der Waals surface area contributed by atoms with Gasteiger partial charge in [-0.15, -0.1) is 0 Å². The summed E-state index contributed by atoms with van der Waals surface area (Å²) in [7, 11) is 0. The van der Waals surface area contributed by atoms with E-state index >= 15 is 0 Å². The molecule has 2 aliphatic rings. The number of rotatable bonds is 5. The summed E-state index contributed by atoms with van der Waals surface area (Å²) in [6.45, 7) is 0.505. The van der Waals surface area contributed by atoms with E-state index in [1.54, 1.807) is 17.0 Å². The lowest BCUT2D eigenvalue weighted by atomic mass is 9.71. The average Bonchev–Trinajstić information content (AvgIpc) is 3.03. The quantitative estimate of drug-likeness (QED) is 0.681. The van der Waals surface area contributed by atoms with Crippen LogP contribution in [0.4, 0.5) is 5.69 Å². The van der Waals surface area contributed by atoms with Crippen LogP contribution in [0.5, 0.6) is 0 Å². The molecule has 0 saturated heterocycles. The van der Waals surface area contributed by atoms with E-state index < -0.39 is 11.5 Å². The lowest BCUT2D eigenvalue weighted by molar-refractivity contribution is -0.140. The van der Waals surface area contributed by atoms with Crippen molar-refractivity contribution >= 4 is 17.4 Å². The van der Waals surface area contributed by atoms with Crippen molar-refractivity contribution in [2.75, 3.05) is 11.4 Å². The molecule has 156 valence electrons. The van der Waals surface area contributed by atoms with Crippen LogP contribution in [-0.4, -0.2) is 23.3 Å². The number of fused-ring (bicyclic) bond motifs is 2. The first-order valence-corrected chi connectivity index (χ1v) is 10.9. The van der Waals surface area contributed by atoms with Gasteiger partial charge in [0.2, 0.25) is 0 Å². The SMILES string of the molecule is O=C1c2ccccc2CC[C@H]1[C@]1(O)C(=O)N(CCCc2ccccc2)c2ccccc21. The average molecular weight is 412 g/mol. The first kappa shape index (κ1) is 19.7. The maximum absolute atomic E-state index is 13.6. The second-order valence-electron chi connectivity index (χ2n) is 8.44. The maximum Gasteiger partial charge on any atom is 0.264 e. The topological polar surface area (TPSA) is 57.6 Å². The van der Waals surface area contributed by atoms with Crippen molar-refractivity contribution in [1.29, 1.82) is 0 Å². The Morgan fingerprint density at radius 2 is 1.61 bits per heavy atom. The normalized spacial score (nSPS) is 22.4. The number of benzene rings is 3. The van der Waals surface area contributed by atoms with Crippen LogP contribution in [0.1, 0.15) is 39.9 Å². The van der Waals surface area contributed by atoms with Crippen LogP contribution in [0.25, 0.3) is 0 Å². The molecule has 0 aromatic heterocycles. The number of carbonyl (C=O) groups excluding carboxylic acids is 2. The van der Waals surface area contributed by atoms with Crippen molar-refractivity contribution in [3.63, 3.8) is 0 Å². The number of hydrogen-bond acceptors (Lipinski definition) is 3. The minimum atomic E-state index is -1.81. The molecule has 1 N–H and O–H groups in total. The molecule has 3 aromatic rings. The Labute approximate surface area is 182 Å². The summed E-state index contributed by atoms with van der Waals surface area (Å²) in [6.07, 6.45) is 2.77. The molecule has 0 unspecified atom stereocenters. The number of aliphatic hydroxyl groups is 1. The Kier molecular flexibility index (Phi) is 4.95. The van der Waals surface area contributed by atoms with Gasteiger partial charge in [0.05, 0.1) is 11.6 Å². The first-order valence-electron chi connectivity index (χ1n) is 10.9. The van der Waals surface area contributed by atoms with E-state index in [9.17, 15) is 14.7 Å². The molecule has 4 heteroatoms. The molecule has 5 rings (SSSR count). The second-order valence-corrected chi connectivity index (χ2v) is 8.44. The summed E-state index contributed by atoms with van der Waals surface area (Å²) in [5.41, 5.74) is 2.29. The highest BCUT2D eigenvalue weighted by molar-refractivity contribution is 6.12. The Hall–Kier alpha value is -3.24. The number of aryl methyl sites for hydroxylation is 2. The predicted molar refractivity (Wildman–Crippen MR) is 120 cm³/mol. The molecule has 1 heterocycles. The summed E-state index contributed by atoms with van der Waals surface area (Å²) in [4.78, 5) is 28.6. The number of para-hydroxylation sites is 1. The molecule has 4 nitrogen and oxygen atoms in total. The van der Waals surface area contributed by atoms with Crippen LogP contribution in [0.2, 0.25) is 0 Å². The molecule has 1 aliphatic carbocycles. The number of amides is 1. The van der Waals surface area contributed by atoms with Gasteiger partial charge in [-0.05, 0) is 42.9 Å². The van der Waals surface area contributed by atoms with Gasteiger partial charge in [0.25, 0.3) is 5.91 Å². The van der Waals surface area contributed by atoms with Gasteiger partial charge in [-0.2, -0.15) is 0 Å². The van der Waals surface area contributed by atoms with Crippen LogP contribution < -0.4 is 4.90 Å². The summed E-state index contributed by atoms with van der Waals surface area (Å²) < 4.78 is 0. The number of carbonyl (C=O) groups is 2. The Bertz CT molecular complexity index is 1140. The van der Waals surface area contributed by atoms with Crippen LogP contribution in [-0.2, 0) is 23.2 Å². The molecule has 3 aromatic carbocycles. The van der Waals surface area contributed by atoms with Gasteiger partial charge >= 0.3 is 0 Å². The van der Waals surface area contributed by atoms with E-state index in [0.717, 1.165) is 24.1 Å². The maximum atomic E-state index is 13.6. The third kappa shape index (κ3) is 3.19. The zero-order valence-corrected chi connectivity index (χ0v) is 17.3. The molecule has 31 heavy (non-hydrogen) atoms. The molecule has 0 radical (unpaired) electrons. The number of anilines is 1. The van der Waals surface area contributed by atoms with Gasteiger partial charge in [-0.3, -0.25) is 9.59 Å². The molecule has 1 aliphatic heterocycles. The predicted octanol–water partition coefficient (Wildman–Crippen LogP) is 4.30. The Morgan fingerprint density at radius 1 is 0.903 bits per heavy atom. The zero-order valence-electron chi connectivity index (χ0n) is 17.3. The van der Waals surface area contributed by atoms with Crippen molar-refractivity contribution in [3.05, 3.63) is 101 Å². The number of hydrogen-bond donors (Lipinski definition) is 1. The smallest absolute Gasteiger partial charge is 0.264 e. The van der Waals surface area contributed by atoms with E-state index in [0.29, 0.717) is 30.5 Å². The molecule has 2 atom stereocenters. The summed E-state index contributed by atoms with van der Waals surface area (Å²) in [5.74, 6) is -1.28. The van der Waals surface area contributed by atoms with E-state index in [1.165, 1.54) is 5.56 Å². The highest BCUT2D eigenvalue weighted by Gasteiger charge is 2.57. The lowest BCUT2D eigenvalue weighted by Crippen LogP contribution is -2.50. The summed E-state index contributed by atoms with van der Waals surface area (Å²) >= 11 is 0. The van der Waals surface area contributed by atoms with Gasteiger partial charge in [0.1, 0.15) is 0 Å². The van der Waals surface area contributed by atoms with Crippen molar-refractivity contribution in [2.24, 2.45) is 5.92 Å². The second kappa shape index (κ2) is 7.78. The van der Waals surface area contributed by atoms with Crippen molar-refractivity contribution in [2.45, 2.75) is 31.3 Å². The third-order valence-electron chi connectivity index (χ3n) is 6.67. The fraction of sp³-hybridized carbons (Fsp3) is 0.259. The molecule has 0 saturated carbocycles. The van der Waals surface area contributed by atoms with Crippen LogP contribution >= 0.6 is 0 Å². The van der Waals surface area contributed by atoms with Gasteiger partial charge in [-0.25, -0.2) is 0 Å². The highest BCUT2D eigenvalue weighted by Crippen LogP contribution is 2.48. The van der Waals surface area contributed by atoms with Crippen molar-refractivity contribution < 1.29 is 14.7 Å². The lowest BCUT2D eigenvalue weighted by Gasteiger charge is -2.34. The van der Waals surface area contributed by atoms with Crippen LogP contribution in [0.15, 0.2) is 78.9 Å². The van der Waals surface area contributed by atoms with Crippen LogP contribution in [0.3, 0.4) is 0 Å². The number of ketones is 1. The number of nitrogens with zero attached hydrogens (tertiary/aromatic N) is 1. The van der Waals surface area contributed by atoms with Gasteiger partial charge < -0.3 is 10.0 Å². The Balaban J connectivity index is 1.44. The van der Waals surface area contributed by atoms with E-state index in [2.05, 4.69) is 12.1 Å². The molecule has 0 fully saturated rings. The third-order valence-corrected chi connectivity index (χ3v) is 6.67. The standard InChI is InChI=1S/C27H25NO3/c29-25-21-13-5-4-12-20(21)16-17-23(25)27(31)22-14-6-7-15-24(22)28(26(27)30)18-8-11-19-9-2-1-3-10-19/h1-7,9-10,12-15,23,31H,8,11,16-18H2/t23-,27+/m1/s1. The van der Waals surface area contributed by atoms with Gasteiger partial charge in [0, 0.05) is 17.7 Å². The van der Waals surface area contributed by atoms with Gasteiger partial charge in [-0.1, -0.05) is 72.8 Å². The fourth-order valence-corrected chi connectivity index (χ4v) is 5.10. The van der Waals surface area contributed by atoms with E-state index in [4.69, 9.17) is 0 Å².